The number of carbonyl (C=O) groups excluding carboxylic acids is 1. The molecule has 0 saturated carbocycles. The third kappa shape index (κ3) is 9.96. The molecule has 42 heavy (non-hydrogen) atoms. The van der Waals surface area contributed by atoms with Crippen LogP contribution in [0, 0.1) is 5.92 Å². The zero-order valence-electron chi connectivity index (χ0n) is 25.7. The zero-order valence-corrected chi connectivity index (χ0v) is 25.7. The van der Waals surface area contributed by atoms with Gasteiger partial charge in [0.2, 0.25) is 0 Å². The van der Waals surface area contributed by atoms with Crippen molar-refractivity contribution in [3.8, 4) is 22.8 Å². The molecule has 3 rings (SSSR count). The number of aryl methyl sites for hydroxylation is 1. The fourth-order valence-electron chi connectivity index (χ4n) is 5.09. The van der Waals surface area contributed by atoms with Gasteiger partial charge in [-0.3, -0.25) is 4.79 Å². The molecule has 0 spiro atoms. The Morgan fingerprint density at radius 3 is 2.40 bits per heavy atom. The van der Waals surface area contributed by atoms with Gasteiger partial charge in [-0.2, -0.15) is 0 Å². The lowest BCUT2D eigenvalue weighted by Gasteiger charge is -2.30. The van der Waals surface area contributed by atoms with E-state index in [1.165, 1.54) is 6.07 Å². The maximum atomic E-state index is 13.2. The molecule has 0 aliphatic rings. The number of halogens is 3. The minimum atomic E-state index is -4.83. The second-order valence-electron chi connectivity index (χ2n) is 11.9. The van der Waals surface area contributed by atoms with Gasteiger partial charge in [0.15, 0.2) is 0 Å². The van der Waals surface area contributed by atoms with Crippen molar-refractivity contribution in [3.05, 3.63) is 48.0 Å². The molecule has 0 saturated heterocycles. The average Bonchev–Trinajstić information content (AvgIpc) is 3.28. The van der Waals surface area contributed by atoms with E-state index in [-0.39, 0.29) is 35.2 Å². The van der Waals surface area contributed by atoms with Crippen molar-refractivity contribution in [1.29, 1.82) is 0 Å². The lowest BCUT2D eigenvalue weighted by Crippen LogP contribution is -2.42. The van der Waals surface area contributed by atoms with Crippen LogP contribution < -0.4 is 14.8 Å². The minimum Gasteiger partial charge on any atom is -0.490 e. The summed E-state index contributed by atoms with van der Waals surface area (Å²) in [5.41, 5.74) is 0.708. The van der Waals surface area contributed by atoms with Crippen molar-refractivity contribution in [2.24, 2.45) is 5.92 Å². The van der Waals surface area contributed by atoms with E-state index in [4.69, 9.17) is 13.9 Å². The third-order valence-electron chi connectivity index (χ3n) is 6.93. The predicted molar refractivity (Wildman–Crippen MR) is 159 cm³/mol. The van der Waals surface area contributed by atoms with Crippen LogP contribution in [0.1, 0.15) is 79.2 Å². The van der Waals surface area contributed by atoms with Crippen LogP contribution in [0.25, 0.3) is 22.3 Å². The largest absolute Gasteiger partial charge is 0.573 e. The van der Waals surface area contributed by atoms with Crippen LogP contribution in [-0.4, -0.2) is 37.1 Å². The lowest BCUT2D eigenvalue weighted by molar-refractivity contribution is -0.274. The van der Waals surface area contributed by atoms with Gasteiger partial charge in [0.05, 0.1) is 11.7 Å². The Morgan fingerprint density at radius 2 is 1.76 bits per heavy atom. The van der Waals surface area contributed by atoms with Gasteiger partial charge in [-0.1, -0.05) is 39.7 Å². The Balaban J connectivity index is 1.75. The summed E-state index contributed by atoms with van der Waals surface area (Å²) in [6.45, 7) is 11.8. The molecule has 2 aromatic carbocycles. The van der Waals surface area contributed by atoms with E-state index in [1.54, 1.807) is 37.4 Å². The summed E-state index contributed by atoms with van der Waals surface area (Å²) in [5, 5.41) is 3.74. The summed E-state index contributed by atoms with van der Waals surface area (Å²) in [7, 11) is 1.75. The molecule has 0 aliphatic carbocycles. The van der Waals surface area contributed by atoms with Crippen molar-refractivity contribution in [2.45, 2.75) is 104 Å². The quantitative estimate of drug-likeness (QED) is 0.141. The highest BCUT2D eigenvalue weighted by molar-refractivity contribution is 5.85. The molecule has 3 aromatic rings. The molecule has 1 heterocycles. The molecule has 2 atom stereocenters. The van der Waals surface area contributed by atoms with Gasteiger partial charge < -0.3 is 23.9 Å². The van der Waals surface area contributed by atoms with Crippen LogP contribution >= 0.6 is 0 Å². The number of fused-ring (bicyclic) bond motifs is 1. The topological polar surface area (TPSA) is 69.9 Å². The van der Waals surface area contributed by atoms with Crippen LogP contribution in [0.3, 0.4) is 0 Å². The predicted octanol–water partition coefficient (Wildman–Crippen LogP) is 8.84. The highest BCUT2D eigenvalue weighted by Gasteiger charge is 2.33. The molecule has 1 N–H and O–H groups in total. The molecule has 1 aromatic heterocycles. The van der Waals surface area contributed by atoms with Gasteiger partial charge in [-0.05, 0) is 88.9 Å². The zero-order chi connectivity index (χ0) is 31.1. The number of nitrogens with one attached hydrogen (secondary N) is 1. The van der Waals surface area contributed by atoms with Gasteiger partial charge in [0.25, 0.3) is 0 Å². The molecule has 2 unspecified atom stereocenters. The van der Waals surface area contributed by atoms with Gasteiger partial charge in [-0.15, -0.1) is 13.2 Å². The van der Waals surface area contributed by atoms with Gasteiger partial charge in [0.1, 0.15) is 34.5 Å². The molecule has 232 valence electrons. The second-order valence-corrected chi connectivity index (χ2v) is 11.9. The van der Waals surface area contributed by atoms with Crippen LogP contribution in [0.5, 0.6) is 11.5 Å². The van der Waals surface area contributed by atoms with E-state index in [9.17, 15) is 18.0 Å². The summed E-state index contributed by atoms with van der Waals surface area (Å²) in [5.74, 6) is 0.560. The maximum absolute atomic E-state index is 13.2. The van der Waals surface area contributed by atoms with Crippen LogP contribution in [-0.2, 0) is 16.0 Å². The first-order chi connectivity index (χ1) is 19.7. The highest BCUT2D eigenvalue weighted by atomic mass is 19.4. The smallest absolute Gasteiger partial charge is 0.490 e. The van der Waals surface area contributed by atoms with E-state index in [2.05, 4.69) is 30.8 Å². The van der Waals surface area contributed by atoms with Crippen molar-refractivity contribution in [3.63, 3.8) is 0 Å². The average molecular weight is 592 g/mol. The number of hydrogen-bond acceptors (Lipinski definition) is 6. The molecule has 0 amide bonds. The van der Waals surface area contributed by atoms with Crippen LogP contribution in [0.2, 0.25) is 0 Å². The number of rotatable bonds is 15. The normalized spacial score (nSPS) is 13.8. The molecular formula is C33H44F3NO5. The number of furan rings is 1. The third-order valence-corrected chi connectivity index (χ3v) is 6.93. The van der Waals surface area contributed by atoms with E-state index in [1.807, 2.05) is 26.8 Å². The van der Waals surface area contributed by atoms with Crippen molar-refractivity contribution in [2.75, 3.05) is 7.05 Å². The summed E-state index contributed by atoms with van der Waals surface area (Å²) >= 11 is 0. The Bertz CT molecular complexity index is 1310. The Morgan fingerprint density at radius 1 is 1.02 bits per heavy atom. The summed E-state index contributed by atoms with van der Waals surface area (Å²) in [4.78, 5) is 12.7. The molecule has 0 fully saturated rings. The first kappa shape index (κ1) is 33.3. The maximum Gasteiger partial charge on any atom is 0.573 e. The molecular weight excluding hydrogens is 547 g/mol. The van der Waals surface area contributed by atoms with Crippen LogP contribution in [0.15, 0.2) is 46.9 Å². The van der Waals surface area contributed by atoms with Gasteiger partial charge in [0, 0.05) is 17.9 Å². The molecule has 9 heteroatoms. The monoisotopic (exact) mass is 591 g/mol. The molecule has 0 radical (unpaired) electrons. The number of unbranched alkanes of at least 4 members (excludes halogenated alkanes) is 2. The van der Waals surface area contributed by atoms with E-state index in [0.717, 1.165) is 24.8 Å². The molecule has 6 nitrogen and oxygen atoms in total. The SMILES string of the molecule is CCCCCc1ccc(-c2cc3ccc(OC(C)CC(C)(C)OC(=O)C(CC(C)C)NC)cc3o2)c(OC(F)(F)F)c1. The van der Waals surface area contributed by atoms with Crippen LogP contribution in [0.4, 0.5) is 13.2 Å². The molecule has 0 bridgehead atoms. The number of carbonyl (C=O) groups is 1. The van der Waals surface area contributed by atoms with Gasteiger partial charge >= 0.3 is 12.3 Å². The van der Waals surface area contributed by atoms with Gasteiger partial charge in [-0.25, -0.2) is 0 Å². The van der Waals surface area contributed by atoms with E-state index in [0.29, 0.717) is 41.9 Å². The Labute approximate surface area is 246 Å². The summed E-state index contributed by atoms with van der Waals surface area (Å²) in [6, 6.07) is 11.5. The lowest BCUT2D eigenvalue weighted by atomic mass is 10.00. The number of hydrogen-bond donors (Lipinski definition) is 1. The fourth-order valence-corrected chi connectivity index (χ4v) is 5.09. The fraction of sp³-hybridized carbons (Fsp3) is 0.545. The number of likely N-dealkylation sites (N-methyl/N-ethyl adjacent to an activating group) is 1. The van der Waals surface area contributed by atoms with E-state index >= 15 is 0 Å². The number of esters is 1. The first-order valence-corrected chi connectivity index (χ1v) is 14.7. The van der Waals surface area contributed by atoms with E-state index < -0.39 is 12.0 Å². The Kier molecular flexibility index (Phi) is 11.4. The van der Waals surface area contributed by atoms with Crippen molar-refractivity contribution in [1.82, 2.24) is 5.32 Å². The molecule has 0 aliphatic heterocycles. The Hall–Kier alpha value is -3.20. The van der Waals surface area contributed by atoms with Crippen molar-refractivity contribution < 1.29 is 36.6 Å². The highest BCUT2D eigenvalue weighted by Crippen LogP contribution is 2.38. The number of alkyl halides is 3. The number of ether oxygens (including phenoxy) is 3. The summed E-state index contributed by atoms with van der Waals surface area (Å²) in [6.07, 6.45) is -0.423. The summed E-state index contributed by atoms with van der Waals surface area (Å²) < 4.78 is 62.1. The number of benzene rings is 2. The minimum absolute atomic E-state index is 0.222. The first-order valence-electron chi connectivity index (χ1n) is 14.7. The van der Waals surface area contributed by atoms with Crippen molar-refractivity contribution >= 4 is 16.9 Å². The standard InChI is InChI=1S/C33H44F3NO5/c1-8-9-10-11-23-12-15-26(30(17-23)41-33(34,35)36)29-18-24-13-14-25(19-28(24)40-29)39-22(4)20-32(5,6)42-31(38)27(37-7)16-21(2)3/h12-15,17-19,21-22,27,37H,8-11,16,20H2,1-7H3. The second kappa shape index (κ2) is 14.3.